The van der Waals surface area contributed by atoms with Crippen LogP contribution in [0.4, 0.5) is 0 Å². The summed E-state index contributed by atoms with van der Waals surface area (Å²) >= 11 is 5.92. The Kier molecular flexibility index (Phi) is 8.28. The second kappa shape index (κ2) is 11.1. The monoisotopic (exact) mass is 455 g/mol. The molecule has 32 heavy (non-hydrogen) atoms. The number of halogens is 1. The van der Waals surface area contributed by atoms with Crippen molar-refractivity contribution in [1.29, 1.82) is 0 Å². The molecule has 2 aromatic carbocycles. The Bertz CT molecular complexity index is 925. The Morgan fingerprint density at radius 2 is 1.59 bits per heavy atom. The van der Waals surface area contributed by atoms with Crippen molar-refractivity contribution in [3.05, 3.63) is 70.7 Å². The topological polar surface area (TPSA) is 78.5 Å². The zero-order chi connectivity index (χ0) is 23.1. The lowest BCUT2D eigenvalue weighted by molar-refractivity contribution is -0.125. The van der Waals surface area contributed by atoms with Crippen molar-refractivity contribution in [2.45, 2.75) is 45.2 Å². The summed E-state index contributed by atoms with van der Waals surface area (Å²) in [6.45, 7) is 5.01. The van der Waals surface area contributed by atoms with Crippen molar-refractivity contribution < 1.29 is 14.4 Å². The Labute approximate surface area is 194 Å². The molecular formula is C25H30ClN3O3. The fourth-order valence-electron chi connectivity index (χ4n) is 3.86. The first-order chi connectivity index (χ1) is 15.4. The van der Waals surface area contributed by atoms with E-state index in [0.717, 1.165) is 6.42 Å². The van der Waals surface area contributed by atoms with Gasteiger partial charge in [0.2, 0.25) is 5.91 Å². The first kappa shape index (κ1) is 23.8. The first-order valence-corrected chi connectivity index (χ1v) is 11.5. The van der Waals surface area contributed by atoms with Crippen LogP contribution in [0.3, 0.4) is 0 Å². The van der Waals surface area contributed by atoms with E-state index in [2.05, 4.69) is 10.6 Å². The number of nitrogens with zero attached hydrogens (tertiary/aromatic N) is 1. The number of nitrogens with one attached hydrogen (secondary N) is 2. The molecule has 1 fully saturated rings. The third-order valence-corrected chi connectivity index (χ3v) is 6.25. The van der Waals surface area contributed by atoms with E-state index in [1.54, 1.807) is 53.4 Å². The largest absolute Gasteiger partial charge is 0.352 e. The van der Waals surface area contributed by atoms with E-state index in [1.807, 2.05) is 19.9 Å². The minimum absolute atomic E-state index is 0.0187. The number of hydrogen-bond donors (Lipinski definition) is 2. The van der Waals surface area contributed by atoms with E-state index < -0.39 is 6.04 Å². The molecule has 0 radical (unpaired) electrons. The minimum Gasteiger partial charge on any atom is -0.352 e. The van der Waals surface area contributed by atoms with Crippen molar-refractivity contribution in [2.24, 2.45) is 5.92 Å². The van der Waals surface area contributed by atoms with E-state index in [-0.39, 0.29) is 29.7 Å². The van der Waals surface area contributed by atoms with Gasteiger partial charge in [0, 0.05) is 35.3 Å². The molecular weight excluding hydrogens is 426 g/mol. The van der Waals surface area contributed by atoms with E-state index >= 15 is 0 Å². The van der Waals surface area contributed by atoms with E-state index in [0.29, 0.717) is 42.1 Å². The SMILES string of the molecule is CC[C@H](C)NC(=O)[C@H](NC(=O)c1ccccc1)C1CCN(C(=O)c2ccc(Cl)cc2)CC1. The molecule has 0 bridgehead atoms. The Morgan fingerprint density at radius 3 is 2.19 bits per heavy atom. The van der Waals surface area contributed by atoms with Crippen LogP contribution in [0.2, 0.25) is 5.02 Å². The Hall–Kier alpha value is -2.86. The molecule has 1 saturated heterocycles. The maximum Gasteiger partial charge on any atom is 0.253 e. The van der Waals surface area contributed by atoms with Gasteiger partial charge in [0.05, 0.1) is 0 Å². The van der Waals surface area contributed by atoms with Gasteiger partial charge in [-0.3, -0.25) is 14.4 Å². The van der Waals surface area contributed by atoms with Crippen molar-refractivity contribution >= 4 is 29.3 Å². The molecule has 2 aromatic rings. The average Bonchev–Trinajstić information content (AvgIpc) is 2.83. The zero-order valence-electron chi connectivity index (χ0n) is 18.5. The van der Waals surface area contributed by atoms with Gasteiger partial charge in [0.1, 0.15) is 6.04 Å². The highest BCUT2D eigenvalue weighted by molar-refractivity contribution is 6.30. The molecule has 0 spiro atoms. The molecule has 0 aromatic heterocycles. The van der Waals surface area contributed by atoms with Crippen LogP contribution >= 0.6 is 11.6 Å². The third kappa shape index (κ3) is 6.10. The van der Waals surface area contributed by atoms with Gasteiger partial charge in [-0.25, -0.2) is 0 Å². The molecule has 1 heterocycles. The minimum atomic E-state index is -0.649. The van der Waals surface area contributed by atoms with Gasteiger partial charge >= 0.3 is 0 Å². The van der Waals surface area contributed by atoms with Crippen LogP contribution in [0, 0.1) is 5.92 Å². The highest BCUT2D eigenvalue weighted by Crippen LogP contribution is 2.23. The maximum absolute atomic E-state index is 13.0. The normalized spacial score (nSPS) is 16.2. The second-order valence-corrected chi connectivity index (χ2v) is 8.71. The molecule has 7 heteroatoms. The van der Waals surface area contributed by atoms with Gasteiger partial charge in [0.15, 0.2) is 0 Å². The molecule has 0 unspecified atom stereocenters. The van der Waals surface area contributed by atoms with Gasteiger partial charge in [0.25, 0.3) is 11.8 Å². The quantitative estimate of drug-likeness (QED) is 0.664. The lowest BCUT2D eigenvalue weighted by Gasteiger charge is -2.36. The summed E-state index contributed by atoms with van der Waals surface area (Å²) in [6, 6.07) is 15.1. The molecule has 0 aliphatic carbocycles. The summed E-state index contributed by atoms with van der Waals surface area (Å²) in [6.07, 6.45) is 2.07. The van der Waals surface area contributed by atoms with Crippen LogP contribution < -0.4 is 10.6 Å². The smallest absolute Gasteiger partial charge is 0.253 e. The second-order valence-electron chi connectivity index (χ2n) is 8.27. The highest BCUT2D eigenvalue weighted by Gasteiger charge is 2.34. The first-order valence-electron chi connectivity index (χ1n) is 11.1. The average molecular weight is 456 g/mol. The zero-order valence-corrected chi connectivity index (χ0v) is 19.3. The Balaban J connectivity index is 1.68. The highest BCUT2D eigenvalue weighted by atomic mass is 35.5. The number of piperidine rings is 1. The number of benzene rings is 2. The molecule has 6 nitrogen and oxygen atoms in total. The van der Waals surface area contributed by atoms with Crippen molar-refractivity contribution in [2.75, 3.05) is 13.1 Å². The van der Waals surface area contributed by atoms with E-state index in [1.165, 1.54) is 0 Å². The molecule has 1 aliphatic heterocycles. The summed E-state index contributed by atoms with van der Waals surface area (Å²) in [5.74, 6) is -0.546. The van der Waals surface area contributed by atoms with Gasteiger partial charge in [-0.15, -0.1) is 0 Å². The molecule has 170 valence electrons. The predicted molar refractivity (Wildman–Crippen MR) is 126 cm³/mol. The van der Waals surface area contributed by atoms with Gasteiger partial charge in [-0.1, -0.05) is 36.7 Å². The van der Waals surface area contributed by atoms with Crippen LogP contribution in [-0.2, 0) is 4.79 Å². The Morgan fingerprint density at radius 1 is 0.969 bits per heavy atom. The van der Waals surface area contributed by atoms with Crippen molar-refractivity contribution in [3.63, 3.8) is 0 Å². The van der Waals surface area contributed by atoms with Gasteiger partial charge in [-0.2, -0.15) is 0 Å². The predicted octanol–water partition coefficient (Wildman–Crippen LogP) is 3.91. The van der Waals surface area contributed by atoms with Crippen LogP contribution in [-0.4, -0.2) is 47.8 Å². The maximum atomic E-state index is 13.0. The third-order valence-electron chi connectivity index (χ3n) is 6.00. The fourth-order valence-corrected chi connectivity index (χ4v) is 3.98. The van der Waals surface area contributed by atoms with Crippen LogP contribution in [0.1, 0.15) is 53.8 Å². The van der Waals surface area contributed by atoms with E-state index in [4.69, 9.17) is 11.6 Å². The summed E-state index contributed by atoms with van der Waals surface area (Å²) in [5, 5.41) is 6.53. The van der Waals surface area contributed by atoms with E-state index in [9.17, 15) is 14.4 Å². The molecule has 3 amide bonds. The number of likely N-dealkylation sites (tertiary alicyclic amines) is 1. The molecule has 0 saturated carbocycles. The molecule has 3 rings (SSSR count). The fraction of sp³-hybridized carbons (Fsp3) is 0.400. The number of carbonyl (C=O) groups is 3. The van der Waals surface area contributed by atoms with Crippen molar-refractivity contribution in [3.8, 4) is 0 Å². The summed E-state index contributed by atoms with van der Waals surface area (Å²) in [4.78, 5) is 40.4. The molecule has 1 aliphatic rings. The number of amides is 3. The number of hydrogen-bond acceptors (Lipinski definition) is 3. The lowest BCUT2D eigenvalue weighted by atomic mass is 9.88. The van der Waals surface area contributed by atoms with Gasteiger partial charge in [-0.05, 0) is 68.5 Å². The lowest BCUT2D eigenvalue weighted by Crippen LogP contribution is -2.55. The summed E-state index contributed by atoms with van der Waals surface area (Å²) in [5.41, 5.74) is 1.11. The molecule has 2 atom stereocenters. The number of carbonyl (C=O) groups excluding carboxylic acids is 3. The number of rotatable bonds is 7. The van der Waals surface area contributed by atoms with Crippen LogP contribution in [0.15, 0.2) is 54.6 Å². The summed E-state index contributed by atoms with van der Waals surface area (Å²) in [7, 11) is 0. The van der Waals surface area contributed by atoms with Crippen LogP contribution in [0.25, 0.3) is 0 Å². The molecule has 2 N–H and O–H groups in total. The van der Waals surface area contributed by atoms with Gasteiger partial charge < -0.3 is 15.5 Å². The summed E-state index contributed by atoms with van der Waals surface area (Å²) < 4.78 is 0. The van der Waals surface area contributed by atoms with Crippen LogP contribution in [0.5, 0.6) is 0 Å². The standard InChI is InChI=1S/C25H30ClN3O3/c1-3-17(2)27-24(31)22(28-23(30)19-7-5-4-6-8-19)18-13-15-29(16-14-18)25(32)20-9-11-21(26)12-10-20/h4-12,17-18,22H,3,13-16H2,1-2H3,(H,27,31)(H,28,30)/t17-,22+/m0/s1. The van der Waals surface area contributed by atoms with Crippen molar-refractivity contribution in [1.82, 2.24) is 15.5 Å².